The highest BCUT2D eigenvalue weighted by Gasteiger charge is 2.34. The van der Waals surface area contributed by atoms with Crippen LogP contribution >= 0.6 is 0 Å². The van der Waals surface area contributed by atoms with Crippen LogP contribution in [-0.2, 0) is 10.0 Å². The summed E-state index contributed by atoms with van der Waals surface area (Å²) >= 11 is 0. The Morgan fingerprint density at radius 3 is 2.27 bits per heavy atom. The maximum Gasteiger partial charge on any atom is 0.262 e. The van der Waals surface area contributed by atoms with Crippen molar-refractivity contribution >= 4 is 30.1 Å². The van der Waals surface area contributed by atoms with E-state index in [1.165, 1.54) is 37.8 Å². The third kappa shape index (κ3) is 6.07. The molecule has 4 rings (SSSR count). The molecule has 0 radical (unpaired) electrons. The Bertz CT molecular complexity index is 1580. The van der Waals surface area contributed by atoms with Gasteiger partial charge in [-0.15, -0.1) is 10.2 Å². The number of nitrogens with zero attached hydrogens (tertiary/aromatic N) is 6. The van der Waals surface area contributed by atoms with E-state index in [4.69, 9.17) is 13.9 Å². The molecular formula is C26H31FN6O5SSi. The van der Waals surface area contributed by atoms with Crippen molar-refractivity contribution in [2.45, 2.75) is 32.6 Å². The first kappa shape index (κ1) is 29.0. The molecule has 0 unspecified atom stereocenters. The van der Waals surface area contributed by atoms with Crippen molar-refractivity contribution in [3.05, 3.63) is 65.5 Å². The summed E-state index contributed by atoms with van der Waals surface area (Å²) in [6.07, 6.45) is 4.72. The van der Waals surface area contributed by atoms with Crippen molar-refractivity contribution in [1.82, 2.24) is 24.7 Å². The number of hydrogen-bond acceptors (Lipinski definition) is 9. The zero-order chi connectivity index (χ0) is 29.1. The predicted molar refractivity (Wildman–Crippen MR) is 152 cm³/mol. The number of sulfonamides is 1. The molecule has 0 aliphatic carbocycles. The molecule has 0 atom stereocenters. The van der Waals surface area contributed by atoms with E-state index in [-0.39, 0.29) is 29.0 Å². The van der Waals surface area contributed by atoms with Gasteiger partial charge in [-0.25, -0.2) is 27.1 Å². The van der Waals surface area contributed by atoms with E-state index >= 15 is 0 Å². The highest BCUT2D eigenvalue weighted by Crippen LogP contribution is 2.39. The van der Waals surface area contributed by atoms with Gasteiger partial charge in [0.05, 0.1) is 37.8 Å². The van der Waals surface area contributed by atoms with E-state index in [9.17, 15) is 12.8 Å². The van der Waals surface area contributed by atoms with Gasteiger partial charge in [-0.3, -0.25) is 4.57 Å². The van der Waals surface area contributed by atoms with Gasteiger partial charge in [0.2, 0.25) is 11.8 Å². The normalized spacial score (nSPS) is 12.4. The number of para-hydroxylation sites is 1. The highest BCUT2D eigenvalue weighted by molar-refractivity contribution is 7.96. The highest BCUT2D eigenvalue weighted by atomic mass is 32.2. The van der Waals surface area contributed by atoms with Crippen molar-refractivity contribution in [3.63, 3.8) is 0 Å². The molecule has 0 bridgehead atoms. The number of benzene rings is 1. The van der Waals surface area contributed by atoms with Gasteiger partial charge in [0, 0.05) is 14.6 Å². The summed E-state index contributed by atoms with van der Waals surface area (Å²) in [5.41, 5.74) is 0.399. The summed E-state index contributed by atoms with van der Waals surface area (Å²) in [6.45, 7) is 8.00. The number of ether oxygens (including phenoxy) is 2. The maximum atomic E-state index is 14.2. The standard InChI is InChI=1S/C26H31FN6O5SSi/c1-18(15-23-28-16-19(27)17-29-23)39(34,35)32(12-14-40(4,5)6)26-31-30-25(22-11-8-13-38-22)33(26)24-20(36-2)9-7-10-21(24)37-3/h7-11,13,15-17H,12,14H2,1-6H3/b18-15-. The molecule has 1 aromatic carbocycles. The van der Waals surface area contributed by atoms with E-state index in [0.717, 1.165) is 12.4 Å². The minimum atomic E-state index is -4.20. The number of rotatable bonds is 11. The van der Waals surface area contributed by atoms with Gasteiger partial charge < -0.3 is 13.9 Å². The Hall–Kier alpha value is -4.04. The van der Waals surface area contributed by atoms with Gasteiger partial charge in [0.1, 0.15) is 17.2 Å². The molecule has 212 valence electrons. The molecular weight excluding hydrogens is 555 g/mol. The quantitative estimate of drug-likeness (QED) is 0.223. The van der Waals surface area contributed by atoms with Crippen LogP contribution in [0, 0.1) is 5.82 Å². The third-order valence-electron chi connectivity index (χ3n) is 5.97. The third-order valence-corrected chi connectivity index (χ3v) is 9.55. The van der Waals surface area contributed by atoms with Crippen LogP contribution < -0.4 is 13.8 Å². The first-order chi connectivity index (χ1) is 19.0. The van der Waals surface area contributed by atoms with Gasteiger partial charge in [-0.2, -0.15) is 0 Å². The molecule has 3 aromatic heterocycles. The van der Waals surface area contributed by atoms with Gasteiger partial charge in [0.15, 0.2) is 17.4 Å². The summed E-state index contributed by atoms with van der Waals surface area (Å²) in [5.74, 6) is 0.863. The van der Waals surface area contributed by atoms with Crippen LogP contribution in [0.25, 0.3) is 23.3 Å². The molecule has 0 saturated carbocycles. The molecule has 3 heterocycles. The Morgan fingerprint density at radius 1 is 1.07 bits per heavy atom. The fourth-order valence-corrected chi connectivity index (χ4v) is 6.18. The van der Waals surface area contributed by atoms with Gasteiger partial charge in [-0.1, -0.05) is 25.7 Å². The fraction of sp³-hybridized carbons (Fsp3) is 0.308. The number of allylic oxidation sites excluding steroid dienone is 1. The van der Waals surface area contributed by atoms with Crippen molar-refractivity contribution in [3.8, 4) is 28.8 Å². The summed E-state index contributed by atoms with van der Waals surface area (Å²) < 4.78 is 61.4. The maximum absolute atomic E-state index is 14.2. The molecule has 0 aliphatic heterocycles. The van der Waals surface area contributed by atoms with E-state index in [1.54, 1.807) is 34.9 Å². The second-order valence-electron chi connectivity index (χ2n) is 10.0. The number of anilines is 1. The topological polar surface area (TPSA) is 125 Å². The van der Waals surface area contributed by atoms with E-state index in [2.05, 4.69) is 39.8 Å². The second kappa shape index (κ2) is 11.6. The fourth-order valence-electron chi connectivity index (χ4n) is 3.85. The predicted octanol–water partition coefficient (Wildman–Crippen LogP) is 5.01. The lowest BCUT2D eigenvalue weighted by molar-refractivity contribution is 0.391. The molecule has 0 aliphatic rings. The first-order valence-corrected chi connectivity index (χ1v) is 17.5. The Morgan fingerprint density at radius 2 is 1.73 bits per heavy atom. The van der Waals surface area contributed by atoms with Crippen LogP contribution in [0.5, 0.6) is 11.5 Å². The van der Waals surface area contributed by atoms with Gasteiger partial charge in [-0.05, 0) is 43.3 Å². The number of hydrogen-bond donors (Lipinski definition) is 0. The molecule has 0 N–H and O–H groups in total. The SMILES string of the molecule is COc1cccc(OC)c1-n1c(-c2ccco2)nnc1N(CC[Si](C)(C)C)S(=O)(=O)/C(C)=C\c1ncc(F)cn1. The monoisotopic (exact) mass is 586 g/mol. The van der Waals surface area contributed by atoms with Crippen LogP contribution in [0.1, 0.15) is 12.7 Å². The summed E-state index contributed by atoms with van der Waals surface area (Å²) in [5, 5.41) is 8.71. The van der Waals surface area contributed by atoms with Crippen LogP contribution in [0.2, 0.25) is 25.7 Å². The van der Waals surface area contributed by atoms with Gasteiger partial charge in [0.25, 0.3) is 10.0 Å². The average Bonchev–Trinajstić information content (AvgIpc) is 3.59. The Labute approximate surface area is 233 Å². The Balaban J connectivity index is 1.98. The average molecular weight is 587 g/mol. The molecule has 0 amide bonds. The van der Waals surface area contributed by atoms with E-state index in [0.29, 0.717) is 29.0 Å². The second-order valence-corrected chi connectivity index (χ2v) is 17.7. The number of methoxy groups -OCH3 is 2. The summed E-state index contributed by atoms with van der Waals surface area (Å²) in [4.78, 5) is 7.70. The smallest absolute Gasteiger partial charge is 0.262 e. The molecule has 0 fully saturated rings. The van der Waals surface area contributed by atoms with Crippen molar-refractivity contribution in [1.29, 1.82) is 0 Å². The lowest BCUT2D eigenvalue weighted by Gasteiger charge is -2.27. The minimum Gasteiger partial charge on any atom is -0.494 e. The van der Waals surface area contributed by atoms with Crippen LogP contribution in [0.4, 0.5) is 10.3 Å². The lowest BCUT2D eigenvalue weighted by atomic mass is 10.2. The van der Waals surface area contributed by atoms with Crippen molar-refractivity contribution in [2.75, 3.05) is 25.1 Å². The number of aromatic nitrogens is 5. The minimum absolute atomic E-state index is 0.0141. The first-order valence-electron chi connectivity index (χ1n) is 12.4. The Kier molecular flexibility index (Phi) is 8.39. The lowest BCUT2D eigenvalue weighted by Crippen LogP contribution is -2.38. The van der Waals surface area contributed by atoms with E-state index < -0.39 is 23.9 Å². The zero-order valence-electron chi connectivity index (χ0n) is 23.1. The molecule has 0 spiro atoms. The zero-order valence-corrected chi connectivity index (χ0v) is 24.9. The van der Waals surface area contributed by atoms with Crippen molar-refractivity contribution < 1.29 is 26.7 Å². The number of furan rings is 1. The number of halogens is 1. The molecule has 0 saturated heterocycles. The van der Waals surface area contributed by atoms with Crippen LogP contribution in [0.15, 0.2) is 58.3 Å². The van der Waals surface area contributed by atoms with Crippen LogP contribution in [0.3, 0.4) is 0 Å². The largest absolute Gasteiger partial charge is 0.494 e. The van der Waals surface area contributed by atoms with Crippen molar-refractivity contribution in [2.24, 2.45) is 0 Å². The molecule has 40 heavy (non-hydrogen) atoms. The summed E-state index contributed by atoms with van der Waals surface area (Å²) in [6, 6.07) is 9.23. The van der Waals surface area contributed by atoms with Gasteiger partial charge >= 0.3 is 0 Å². The van der Waals surface area contributed by atoms with Crippen LogP contribution in [-0.4, -0.2) is 62.0 Å². The molecule has 14 heteroatoms. The molecule has 4 aromatic rings. The summed E-state index contributed by atoms with van der Waals surface area (Å²) in [7, 11) is -2.94. The van der Waals surface area contributed by atoms with E-state index in [1.807, 2.05) is 0 Å². The molecule has 11 nitrogen and oxygen atoms in total.